The van der Waals surface area contributed by atoms with E-state index in [0.717, 1.165) is 25.8 Å². The minimum Gasteiger partial charge on any atom is -0.474 e. The molecule has 0 amide bonds. The number of nitrogens with one attached hydrogen (secondary N) is 2. The van der Waals surface area contributed by atoms with E-state index in [-0.39, 0.29) is 41.3 Å². The van der Waals surface area contributed by atoms with Crippen LogP contribution in [0, 0.1) is 18.6 Å². The van der Waals surface area contributed by atoms with Crippen molar-refractivity contribution >= 4 is 22.4 Å². The predicted octanol–water partition coefficient (Wildman–Crippen LogP) is 5.64. The van der Waals surface area contributed by atoms with Gasteiger partial charge in [0.15, 0.2) is 5.82 Å². The van der Waals surface area contributed by atoms with Crippen LogP contribution in [0.3, 0.4) is 0 Å². The molecular weight excluding hydrogens is 563 g/mol. The van der Waals surface area contributed by atoms with Gasteiger partial charge in [-0.2, -0.15) is 23.1 Å². The third-order valence-electron chi connectivity index (χ3n) is 6.85. The van der Waals surface area contributed by atoms with Gasteiger partial charge in [0.2, 0.25) is 5.88 Å². The Labute approximate surface area is 240 Å². The lowest BCUT2D eigenvalue weighted by Crippen LogP contribution is -2.26. The van der Waals surface area contributed by atoms with E-state index >= 15 is 4.39 Å². The molecule has 230 valence electrons. The van der Waals surface area contributed by atoms with Crippen molar-refractivity contribution in [2.24, 2.45) is 0 Å². The number of nitrogens with two attached hydrogens (primary N) is 1. The standard InChI is InChI=1S/C26H29F5N6O3.C2H6/c1-12-5-6-33-7-8-34-23-17-22(36-25(37-23)39-11-14-4-3-9-38-14)20(28)21(35-24(17)40-12)15-10-16(32)19(27)13(2)18(15)26(29,30)31;1-2/h10,12,14,33H,3-9,11,32H2,1-2H3,(H,34,36,37);1-2H3. The predicted molar refractivity (Wildman–Crippen MR) is 149 cm³/mol. The first kappa shape index (κ1) is 31.4. The molecule has 1 aromatic carbocycles. The number of ether oxygens (including phenoxy) is 3. The number of hydrogen-bond acceptors (Lipinski definition) is 9. The molecular formula is C28H35F5N6O3. The maximum atomic E-state index is 16.3. The van der Waals surface area contributed by atoms with E-state index in [1.807, 2.05) is 13.8 Å². The molecule has 1 fully saturated rings. The van der Waals surface area contributed by atoms with Crippen LogP contribution in [-0.2, 0) is 10.9 Å². The SMILES string of the molecule is CC.Cc1c(F)c(N)cc(-c2nc3c4c(nc(OCC5CCCO5)nc4c2F)NCCNCCC(C)O3)c1C(F)(F)F. The fraction of sp³-hybridized carbons (Fsp3) is 0.536. The fourth-order valence-electron chi connectivity index (χ4n) is 4.84. The molecule has 3 aromatic rings. The molecule has 0 radical (unpaired) electrons. The minimum absolute atomic E-state index is 0.0415. The number of nitrogens with zero attached hydrogens (tertiary/aromatic N) is 3. The first-order valence-electron chi connectivity index (χ1n) is 14.0. The van der Waals surface area contributed by atoms with Gasteiger partial charge in [-0.3, -0.25) is 0 Å². The van der Waals surface area contributed by atoms with E-state index in [0.29, 0.717) is 32.7 Å². The number of halogens is 5. The normalized spacial score (nSPS) is 19.3. The Balaban J connectivity index is 0.00000198. The molecule has 0 aliphatic carbocycles. The minimum atomic E-state index is -5.04. The molecule has 9 nitrogen and oxygen atoms in total. The lowest BCUT2D eigenvalue weighted by atomic mass is 9.96. The molecule has 4 heterocycles. The highest BCUT2D eigenvalue weighted by Crippen LogP contribution is 2.44. The zero-order valence-electron chi connectivity index (χ0n) is 23.9. The average molecular weight is 599 g/mol. The largest absolute Gasteiger partial charge is 0.474 e. The highest BCUT2D eigenvalue weighted by atomic mass is 19.4. The molecule has 14 heteroatoms. The van der Waals surface area contributed by atoms with Gasteiger partial charge in [0.25, 0.3) is 0 Å². The number of anilines is 2. The summed E-state index contributed by atoms with van der Waals surface area (Å²) in [6.45, 7) is 8.92. The smallest absolute Gasteiger partial charge is 0.417 e. The van der Waals surface area contributed by atoms with Crippen molar-refractivity contribution in [1.29, 1.82) is 0 Å². The van der Waals surface area contributed by atoms with E-state index in [9.17, 15) is 17.6 Å². The second-order valence-corrected chi connectivity index (χ2v) is 9.82. The van der Waals surface area contributed by atoms with Gasteiger partial charge in [-0.25, -0.2) is 13.8 Å². The van der Waals surface area contributed by atoms with Crippen LogP contribution in [0.4, 0.5) is 33.5 Å². The van der Waals surface area contributed by atoms with Crippen LogP contribution < -0.4 is 25.8 Å². The van der Waals surface area contributed by atoms with Gasteiger partial charge >= 0.3 is 12.2 Å². The Hall–Kier alpha value is -3.52. The molecule has 0 spiro atoms. The Morgan fingerprint density at radius 2 is 1.83 bits per heavy atom. The van der Waals surface area contributed by atoms with Crippen LogP contribution in [0.15, 0.2) is 6.07 Å². The van der Waals surface area contributed by atoms with Crippen LogP contribution in [-0.4, -0.2) is 60.0 Å². The summed E-state index contributed by atoms with van der Waals surface area (Å²) in [6, 6.07) is 0.525. The third kappa shape index (κ3) is 6.59. The third-order valence-corrected chi connectivity index (χ3v) is 6.85. The van der Waals surface area contributed by atoms with E-state index < -0.39 is 52.0 Å². The maximum Gasteiger partial charge on any atom is 0.417 e. The summed E-state index contributed by atoms with van der Waals surface area (Å²) in [7, 11) is 0. The molecule has 2 atom stereocenters. The zero-order chi connectivity index (χ0) is 30.6. The van der Waals surface area contributed by atoms with Gasteiger partial charge in [0.1, 0.15) is 34.8 Å². The number of rotatable bonds is 4. The van der Waals surface area contributed by atoms with Gasteiger partial charge in [-0.15, -0.1) is 0 Å². The number of alkyl halides is 3. The van der Waals surface area contributed by atoms with Gasteiger partial charge < -0.3 is 30.6 Å². The molecule has 1 saturated heterocycles. The topological polar surface area (TPSA) is 116 Å². The van der Waals surface area contributed by atoms with Crippen molar-refractivity contribution in [1.82, 2.24) is 20.3 Å². The highest BCUT2D eigenvalue weighted by Gasteiger charge is 2.39. The van der Waals surface area contributed by atoms with E-state index in [1.165, 1.54) is 0 Å². The van der Waals surface area contributed by atoms with Gasteiger partial charge in [0.05, 0.1) is 23.5 Å². The summed E-state index contributed by atoms with van der Waals surface area (Å²) in [6.07, 6.45) is -3.50. The molecule has 4 N–H and O–H groups in total. The molecule has 5 rings (SSSR count). The Bertz CT molecular complexity index is 1420. The van der Waals surface area contributed by atoms with Gasteiger partial charge in [-0.1, -0.05) is 13.8 Å². The molecule has 0 bridgehead atoms. The Kier molecular flexibility index (Phi) is 9.87. The summed E-state index contributed by atoms with van der Waals surface area (Å²) in [5.74, 6) is -2.47. The summed E-state index contributed by atoms with van der Waals surface area (Å²) >= 11 is 0. The van der Waals surface area contributed by atoms with Crippen molar-refractivity contribution in [3.8, 4) is 23.1 Å². The zero-order valence-corrected chi connectivity index (χ0v) is 23.9. The second kappa shape index (κ2) is 13.2. The Morgan fingerprint density at radius 3 is 2.52 bits per heavy atom. The number of pyridine rings is 1. The fourth-order valence-corrected chi connectivity index (χ4v) is 4.84. The molecule has 42 heavy (non-hydrogen) atoms. The lowest BCUT2D eigenvalue weighted by Gasteiger charge is -2.21. The van der Waals surface area contributed by atoms with Crippen molar-refractivity contribution < 1.29 is 36.2 Å². The molecule has 2 aliphatic rings. The van der Waals surface area contributed by atoms with Crippen LogP contribution in [0.1, 0.15) is 51.2 Å². The van der Waals surface area contributed by atoms with E-state index in [1.54, 1.807) is 6.92 Å². The first-order valence-corrected chi connectivity index (χ1v) is 14.0. The van der Waals surface area contributed by atoms with Crippen molar-refractivity contribution in [2.75, 3.05) is 43.9 Å². The van der Waals surface area contributed by atoms with Crippen molar-refractivity contribution in [2.45, 2.75) is 65.3 Å². The molecule has 0 saturated carbocycles. The van der Waals surface area contributed by atoms with Crippen LogP contribution in [0.25, 0.3) is 22.2 Å². The van der Waals surface area contributed by atoms with E-state index in [4.69, 9.17) is 19.9 Å². The van der Waals surface area contributed by atoms with Crippen molar-refractivity contribution in [3.05, 3.63) is 28.8 Å². The van der Waals surface area contributed by atoms with Crippen LogP contribution in [0.2, 0.25) is 0 Å². The molecule has 2 unspecified atom stereocenters. The number of benzene rings is 1. The second-order valence-electron chi connectivity index (χ2n) is 9.82. The number of hydrogen-bond donors (Lipinski definition) is 3. The van der Waals surface area contributed by atoms with E-state index in [2.05, 4.69) is 25.6 Å². The van der Waals surface area contributed by atoms with Crippen LogP contribution >= 0.6 is 0 Å². The maximum absolute atomic E-state index is 16.3. The molecule has 2 aliphatic heterocycles. The average Bonchev–Trinajstić information content (AvgIpc) is 3.46. The summed E-state index contributed by atoms with van der Waals surface area (Å²) in [5.41, 5.74) is 1.10. The summed E-state index contributed by atoms with van der Waals surface area (Å²) in [5, 5.41) is 6.37. The number of aromatic nitrogens is 3. The summed E-state index contributed by atoms with van der Waals surface area (Å²) < 4.78 is 90.6. The quantitative estimate of drug-likeness (QED) is 0.259. The number of nitrogen functional groups attached to an aromatic ring is 1. The monoisotopic (exact) mass is 598 g/mol. The van der Waals surface area contributed by atoms with Crippen molar-refractivity contribution in [3.63, 3.8) is 0 Å². The summed E-state index contributed by atoms with van der Waals surface area (Å²) in [4.78, 5) is 12.8. The first-order chi connectivity index (χ1) is 20.0. The van der Waals surface area contributed by atoms with Gasteiger partial charge in [0, 0.05) is 25.3 Å². The Morgan fingerprint density at radius 1 is 1.07 bits per heavy atom. The highest BCUT2D eigenvalue weighted by molar-refractivity contribution is 5.96. The lowest BCUT2D eigenvalue weighted by molar-refractivity contribution is -0.137. The molecule has 2 aromatic heterocycles. The van der Waals surface area contributed by atoms with Gasteiger partial charge in [-0.05, 0) is 51.3 Å². The van der Waals surface area contributed by atoms with Crippen LogP contribution in [0.5, 0.6) is 11.9 Å².